The van der Waals surface area contributed by atoms with Gasteiger partial charge in [0.1, 0.15) is 0 Å². The second kappa shape index (κ2) is 9.27. The van der Waals surface area contributed by atoms with Crippen LogP contribution in [-0.2, 0) is 10.0 Å². The first kappa shape index (κ1) is 22.0. The molecule has 0 aliphatic rings. The first-order valence-corrected chi connectivity index (χ1v) is 10.5. The lowest BCUT2D eigenvalue weighted by Gasteiger charge is -2.17. The summed E-state index contributed by atoms with van der Waals surface area (Å²) in [6.07, 6.45) is 0.809. The number of nitrogens with two attached hydrogens (primary N) is 1. The number of halogens is 1. The Hall–Kier alpha value is -2.29. The first-order valence-electron chi connectivity index (χ1n) is 8.61. The molecule has 1 amide bonds. The molecular weight excluding hydrogens is 404 g/mol. The van der Waals surface area contributed by atoms with Crippen molar-refractivity contribution in [3.8, 4) is 11.5 Å². The number of benzene rings is 2. The minimum absolute atomic E-state index is 0.00830. The van der Waals surface area contributed by atoms with E-state index in [4.69, 9.17) is 26.2 Å². The number of primary sulfonamides is 1. The fourth-order valence-corrected chi connectivity index (χ4v) is 3.29. The van der Waals surface area contributed by atoms with Gasteiger partial charge in [0.25, 0.3) is 5.91 Å². The lowest BCUT2D eigenvalue weighted by Crippen LogP contribution is -2.26. The van der Waals surface area contributed by atoms with Crippen molar-refractivity contribution in [1.29, 1.82) is 0 Å². The van der Waals surface area contributed by atoms with Gasteiger partial charge in [0.15, 0.2) is 11.5 Å². The number of methoxy groups -OCH3 is 1. The maximum Gasteiger partial charge on any atom is 0.251 e. The largest absolute Gasteiger partial charge is 0.493 e. The topological polar surface area (TPSA) is 108 Å². The van der Waals surface area contributed by atoms with Gasteiger partial charge in [-0.3, -0.25) is 4.79 Å². The highest BCUT2D eigenvalue weighted by Gasteiger charge is 2.18. The summed E-state index contributed by atoms with van der Waals surface area (Å²) in [5, 5.41) is 8.21. The van der Waals surface area contributed by atoms with Gasteiger partial charge in [-0.05, 0) is 43.2 Å². The second-order valence-electron chi connectivity index (χ2n) is 6.15. The zero-order chi connectivity index (χ0) is 20.9. The van der Waals surface area contributed by atoms with Gasteiger partial charge in [0.05, 0.1) is 29.7 Å². The Labute approximate surface area is 169 Å². The van der Waals surface area contributed by atoms with E-state index in [-0.39, 0.29) is 21.9 Å². The normalized spacial score (nSPS) is 12.3. The number of ether oxygens (including phenoxy) is 2. The van der Waals surface area contributed by atoms with Crippen molar-refractivity contribution < 1.29 is 22.7 Å². The van der Waals surface area contributed by atoms with E-state index in [0.717, 1.165) is 12.0 Å². The molecule has 0 radical (unpaired) electrons. The monoisotopic (exact) mass is 426 g/mol. The van der Waals surface area contributed by atoms with Crippen LogP contribution in [0.15, 0.2) is 41.3 Å². The average molecular weight is 427 g/mol. The number of hydrogen-bond donors (Lipinski definition) is 2. The lowest BCUT2D eigenvalue weighted by atomic mass is 10.1. The van der Waals surface area contributed by atoms with Crippen LogP contribution in [0, 0.1) is 0 Å². The van der Waals surface area contributed by atoms with E-state index in [2.05, 4.69) is 5.32 Å². The Morgan fingerprint density at radius 2 is 1.89 bits per heavy atom. The summed E-state index contributed by atoms with van der Waals surface area (Å²) in [6.45, 7) is 4.23. The van der Waals surface area contributed by atoms with Gasteiger partial charge in [0.2, 0.25) is 10.0 Å². The zero-order valence-electron chi connectivity index (χ0n) is 15.9. The molecule has 2 rings (SSSR count). The van der Waals surface area contributed by atoms with Gasteiger partial charge in [-0.15, -0.1) is 0 Å². The Kier molecular flexibility index (Phi) is 7.29. The summed E-state index contributed by atoms with van der Waals surface area (Å²) in [5.74, 6) is 0.413. The summed E-state index contributed by atoms with van der Waals surface area (Å²) in [6, 6.07) is 8.69. The third kappa shape index (κ3) is 5.37. The van der Waals surface area contributed by atoms with Crippen molar-refractivity contribution in [2.75, 3.05) is 13.7 Å². The SMILES string of the molecule is CCCOc1c(Cl)cc(C(=O)NC(C)c2ccc(S(N)(=O)=O)cc2)cc1OC. The summed E-state index contributed by atoms with van der Waals surface area (Å²) in [4.78, 5) is 12.6. The first-order chi connectivity index (χ1) is 13.2. The quantitative estimate of drug-likeness (QED) is 0.673. The van der Waals surface area contributed by atoms with E-state index in [9.17, 15) is 13.2 Å². The van der Waals surface area contributed by atoms with Crippen molar-refractivity contribution in [2.24, 2.45) is 5.14 Å². The molecule has 0 heterocycles. The molecule has 1 atom stereocenters. The molecule has 2 aromatic carbocycles. The van der Waals surface area contributed by atoms with Crippen LogP contribution in [0.25, 0.3) is 0 Å². The number of carbonyl (C=O) groups is 1. The highest BCUT2D eigenvalue weighted by Crippen LogP contribution is 2.36. The third-order valence-corrected chi connectivity index (χ3v) is 5.21. The van der Waals surface area contributed by atoms with E-state index >= 15 is 0 Å². The number of sulfonamides is 1. The van der Waals surface area contributed by atoms with E-state index in [1.54, 1.807) is 25.1 Å². The Bertz CT molecular complexity index is 946. The van der Waals surface area contributed by atoms with Crippen molar-refractivity contribution in [2.45, 2.75) is 31.2 Å². The summed E-state index contributed by atoms with van der Waals surface area (Å²) in [5.41, 5.74) is 1.04. The molecule has 0 spiro atoms. The van der Waals surface area contributed by atoms with Crippen molar-refractivity contribution >= 4 is 27.5 Å². The van der Waals surface area contributed by atoms with Gasteiger partial charge in [-0.1, -0.05) is 30.7 Å². The van der Waals surface area contributed by atoms with Crippen LogP contribution in [0.1, 0.15) is 42.2 Å². The Balaban J connectivity index is 2.18. The van der Waals surface area contributed by atoms with E-state index in [0.29, 0.717) is 23.7 Å². The van der Waals surface area contributed by atoms with Crippen molar-refractivity contribution in [3.05, 3.63) is 52.5 Å². The van der Waals surface area contributed by atoms with Crippen LogP contribution in [0.3, 0.4) is 0 Å². The molecule has 2 aromatic rings. The fraction of sp³-hybridized carbons (Fsp3) is 0.316. The van der Waals surface area contributed by atoms with Crippen LogP contribution in [0.4, 0.5) is 0 Å². The Morgan fingerprint density at radius 3 is 2.43 bits per heavy atom. The molecule has 0 aliphatic carbocycles. The highest BCUT2D eigenvalue weighted by molar-refractivity contribution is 7.89. The third-order valence-electron chi connectivity index (χ3n) is 4.00. The number of rotatable bonds is 8. The molecule has 1 unspecified atom stereocenters. The van der Waals surface area contributed by atoms with Crippen LogP contribution >= 0.6 is 11.6 Å². The Morgan fingerprint density at radius 1 is 1.25 bits per heavy atom. The summed E-state index contributed by atoms with van der Waals surface area (Å²) >= 11 is 6.25. The zero-order valence-corrected chi connectivity index (χ0v) is 17.4. The van der Waals surface area contributed by atoms with Crippen LogP contribution < -0.4 is 19.9 Å². The van der Waals surface area contributed by atoms with Gasteiger partial charge >= 0.3 is 0 Å². The maximum atomic E-state index is 12.6. The predicted octanol–water partition coefficient (Wildman–Crippen LogP) is 3.28. The smallest absolute Gasteiger partial charge is 0.251 e. The van der Waals surface area contributed by atoms with Crippen molar-refractivity contribution in [3.63, 3.8) is 0 Å². The lowest BCUT2D eigenvalue weighted by molar-refractivity contribution is 0.0939. The number of nitrogens with one attached hydrogen (secondary N) is 1. The number of carbonyl (C=O) groups excluding carboxylic acids is 1. The van der Waals surface area contributed by atoms with Gasteiger partial charge in [-0.2, -0.15) is 0 Å². The molecular formula is C19H23ClN2O5S. The molecule has 0 saturated carbocycles. The van der Waals surface area contributed by atoms with Crippen LogP contribution in [-0.4, -0.2) is 28.0 Å². The minimum Gasteiger partial charge on any atom is -0.493 e. The minimum atomic E-state index is -3.76. The van der Waals surface area contributed by atoms with Crippen LogP contribution in [0.5, 0.6) is 11.5 Å². The number of amides is 1. The van der Waals surface area contributed by atoms with E-state index in [1.165, 1.54) is 25.3 Å². The molecule has 7 nitrogen and oxygen atoms in total. The molecule has 0 bridgehead atoms. The van der Waals surface area contributed by atoms with Gasteiger partial charge in [0, 0.05) is 5.56 Å². The maximum absolute atomic E-state index is 12.6. The predicted molar refractivity (Wildman–Crippen MR) is 107 cm³/mol. The summed E-state index contributed by atoms with van der Waals surface area (Å²) in [7, 11) is -2.29. The summed E-state index contributed by atoms with van der Waals surface area (Å²) < 4.78 is 33.5. The van der Waals surface area contributed by atoms with Crippen molar-refractivity contribution in [1.82, 2.24) is 5.32 Å². The van der Waals surface area contributed by atoms with Gasteiger partial charge < -0.3 is 14.8 Å². The molecule has 0 fully saturated rings. The van der Waals surface area contributed by atoms with E-state index in [1.807, 2.05) is 6.92 Å². The van der Waals surface area contributed by atoms with Crippen LogP contribution in [0.2, 0.25) is 5.02 Å². The fourth-order valence-electron chi connectivity index (χ4n) is 2.50. The molecule has 152 valence electrons. The molecule has 0 saturated heterocycles. The molecule has 0 aromatic heterocycles. The molecule has 28 heavy (non-hydrogen) atoms. The molecule has 0 aliphatic heterocycles. The average Bonchev–Trinajstić information content (AvgIpc) is 2.65. The second-order valence-corrected chi connectivity index (χ2v) is 8.12. The van der Waals surface area contributed by atoms with Gasteiger partial charge in [-0.25, -0.2) is 13.6 Å². The molecule has 3 N–H and O–H groups in total. The van der Waals surface area contributed by atoms with E-state index < -0.39 is 10.0 Å². The number of hydrogen-bond acceptors (Lipinski definition) is 5. The standard InChI is InChI=1S/C19H23ClN2O5S/c1-4-9-27-18-16(20)10-14(11-17(18)26-3)19(23)22-12(2)13-5-7-15(8-6-13)28(21,24)25/h5-8,10-12H,4,9H2,1-3H3,(H,22,23)(H2,21,24,25). The molecule has 9 heteroatoms. The highest BCUT2D eigenvalue weighted by atomic mass is 35.5.